The van der Waals surface area contributed by atoms with Crippen molar-refractivity contribution in [1.29, 1.82) is 0 Å². The quantitative estimate of drug-likeness (QED) is 0.376. The molecule has 0 bridgehead atoms. The molecular formula is C19H15ClO2. The van der Waals surface area contributed by atoms with Gasteiger partial charge in [0.05, 0.1) is 6.61 Å². The molecule has 0 aliphatic rings. The standard InChI is InChI=1S/C19H15ClO2/c1-2-22-19(21)10-4-13-3-8-17-14(11-13)5-6-15-12-16(20)7-9-18(15)17/h3-12H,2H2,1H3/b10-4+. The maximum absolute atomic E-state index is 11.4. The summed E-state index contributed by atoms with van der Waals surface area (Å²) in [5, 5.41) is 5.32. The highest BCUT2D eigenvalue weighted by molar-refractivity contribution is 6.31. The number of hydrogen-bond donors (Lipinski definition) is 0. The van der Waals surface area contributed by atoms with Gasteiger partial charge in [-0.15, -0.1) is 0 Å². The number of fused-ring (bicyclic) bond motifs is 3. The van der Waals surface area contributed by atoms with Crippen molar-refractivity contribution < 1.29 is 9.53 Å². The van der Waals surface area contributed by atoms with Crippen molar-refractivity contribution >= 4 is 45.2 Å². The van der Waals surface area contributed by atoms with E-state index in [1.54, 1.807) is 13.0 Å². The summed E-state index contributed by atoms with van der Waals surface area (Å²) in [6.07, 6.45) is 3.22. The maximum Gasteiger partial charge on any atom is 0.330 e. The van der Waals surface area contributed by atoms with Gasteiger partial charge in [-0.05, 0) is 58.3 Å². The third-order valence-electron chi connectivity index (χ3n) is 3.52. The molecule has 3 rings (SSSR count). The predicted molar refractivity (Wildman–Crippen MR) is 92.1 cm³/mol. The Morgan fingerprint density at radius 3 is 2.45 bits per heavy atom. The molecule has 3 heteroatoms. The van der Waals surface area contributed by atoms with Crippen molar-refractivity contribution in [3.05, 3.63) is 65.2 Å². The van der Waals surface area contributed by atoms with E-state index in [0.717, 1.165) is 21.4 Å². The molecule has 0 N–H and O–H groups in total. The first-order valence-electron chi connectivity index (χ1n) is 7.14. The number of esters is 1. The normalized spacial score (nSPS) is 11.4. The highest BCUT2D eigenvalue weighted by Crippen LogP contribution is 2.28. The Kier molecular flexibility index (Phi) is 4.12. The van der Waals surface area contributed by atoms with Gasteiger partial charge in [-0.1, -0.05) is 41.9 Å². The summed E-state index contributed by atoms with van der Waals surface area (Å²) >= 11 is 6.04. The summed E-state index contributed by atoms with van der Waals surface area (Å²) in [5.74, 6) is -0.323. The fourth-order valence-electron chi connectivity index (χ4n) is 2.52. The summed E-state index contributed by atoms with van der Waals surface area (Å²) < 4.78 is 4.88. The minimum atomic E-state index is -0.323. The number of benzene rings is 3. The van der Waals surface area contributed by atoms with Crippen molar-refractivity contribution in [2.45, 2.75) is 6.92 Å². The van der Waals surface area contributed by atoms with Crippen LogP contribution in [-0.2, 0) is 9.53 Å². The molecule has 3 aromatic rings. The second-order valence-corrected chi connectivity index (χ2v) is 5.43. The molecule has 0 aliphatic carbocycles. The molecule has 0 saturated heterocycles. The molecule has 22 heavy (non-hydrogen) atoms. The minimum Gasteiger partial charge on any atom is -0.463 e. The van der Waals surface area contributed by atoms with Crippen molar-refractivity contribution in [1.82, 2.24) is 0 Å². The van der Waals surface area contributed by atoms with E-state index in [2.05, 4.69) is 24.3 Å². The average molecular weight is 311 g/mol. The SMILES string of the molecule is CCOC(=O)/C=C/c1ccc2c(ccc3cc(Cl)ccc32)c1. The summed E-state index contributed by atoms with van der Waals surface area (Å²) in [6.45, 7) is 2.18. The van der Waals surface area contributed by atoms with Gasteiger partial charge in [-0.3, -0.25) is 0 Å². The molecule has 0 heterocycles. The van der Waals surface area contributed by atoms with Crippen molar-refractivity contribution in [2.75, 3.05) is 6.61 Å². The molecule has 0 aromatic heterocycles. The van der Waals surface area contributed by atoms with Crippen LogP contribution in [0.2, 0.25) is 5.02 Å². The summed E-state index contributed by atoms with van der Waals surface area (Å²) in [6, 6.07) is 16.1. The van der Waals surface area contributed by atoms with E-state index in [9.17, 15) is 4.79 Å². The molecule has 0 saturated carbocycles. The topological polar surface area (TPSA) is 26.3 Å². The van der Waals surface area contributed by atoms with Gasteiger partial charge < -0.3 is 4.74 Å². The monoisotopic (exact) mass is 310 g/mol. The molecule has 2 nitrogen and oxygen atoms in total. The Bertz CT molecular complexity index is 881. The zero-order valence-corrected chi connectivity index (χ0v) is 12.9. The first-order chi connectivity index (χ1) is 10.7. The number of halogens is 1. The number of carbonyl (C=O) groups is 1. The zero-order chi connectivity index (χ0) is 15.5. The molecule has 0 spiro atoms. The highest BCUT2D eigenvalue weighted by atomic mass is 35.5. The Morgan fingerprint density at radius 1 is 1.05 bits per heavy atom. The second-order valence-electron chi connectivity index (χ2n) is 5.00. The third kappa shape index (κ3) is 2.97. The van der Waals surface area contributed by atoms with E-state index in [-0.39, 0.29) is 5.97 Å². The Morgan fingerprint density at radius 2 is 1.73 bits per heavy atom. The van der Waals surface area contributed by atoms with E-state index in [4.69, 9.17) is 16.3 Å². The lowest BCUT2D eigenvalue weighted by Crippen LogP contribution is -1.98. The molecule has 0 radical (unpaired) electrons. The van der Waals surface area contributed by atoms with E-state index in [0.29, 0.717) is 6.61 Å². The number of carbonyl (C=O) groups excluding carboxylic acids is 1. The summed E-state index contributed by atoms with van der Waals surface area (Å²) in [7, 11) is 0. The van der Waals surface area contributed by atoms with Crippen LogP contribution >= 0.6 is 11.6 Å². The minimum absolute atomic E-state index is 0.323. The molecule has 0 unspecified atom stereocenters. The van der Waals surface area contributed by atoms with Gasteiger partial charge >= 0.3 is 5.97 Å². The fourth-order valence-corrected chi connectivity index (χ4v) is 2.70. The number of rotatable bonds is 3. The number of ether oxygens (including phenoxy) is 1. The van der Waals surface area contributed by atoms with Crippen molar-refractivity contribution in [2.24, 2.45) is 0 Å². The Hall–Kier alpha value is -2.32. The zero-order valence-electron chi connectivity index (χ0n) is 12.2. The van der Waals surface area contributed by atoms with Gasteiger partial charge in [0.15, 0.2) is 0 Å². The average Bonchev–Trinajstić information content (AvgIpc) is 2.52. The van der Waals surface area contributed by atoms with Crippen LogP contribution in [0.15, 0.2) is 54.6 Å². The van der Waals surface area contributed by atoms with Crippen LogP contribution in [0.4, 0.5) is 0 Å². The fraction of sp³-hybridized carbons (Fsp3) is 0.105. The van der Waals surface area contributed by atoms with Crippen LogP contribution in [-0.4, -0.2) is 12.6 Å². The van der Waals surface area contributed by atoms with Gasteiger partial charge in [-0.2, -0.15) is 0 Å². The number of hydrogen-bond acceptors (Lipinski definition) is 2. The van der Waals surface area contributed by atoms with Gasteiger partial charge in [-0.25, -0.2) is 4.79 Å². The molecule has 0 atom stereocenters. The lowest BCUT2D eigenvalue weighted by molar-refractivity contribution is -0.137. The first-order valence-corrected chi connectivity index (χ1v) is 7.52. The largest absolute Gasteiger partial charge is 0.463 e. The van der Waals surface area contributed by atoms with Crippen molar-refractivity contribution in [3.63, 3.8) is 0 Å². The Labute approximate surface area is 134 Å². The highest BCUT2D eigenvalue weighted by Gasteiger charge is 2.02. The summed E-state index contributed by atoms with van der Waals surface area (Å²) in [5.41, 5.74) is 0.967. The van der Waals surface area contributed by atoms with E-state index in [1.807, 2.05) is 24.3 Å². The third-order valence-corrected chi connectivity index (χ3v) is 3.76. The van der Waals surface area contributed by atoms with E-state index < -0.39 is 0 Å². The van der Waals surface area contributed by atoms with Crippen LogP contribution in [0.25, 0.3) is 27.6 Å². The first kappa shape index (κ1) is 14.6. The lowest BCUT2D eigenvalue weighted by Gasteiger charge is -2.05. The van der Waals surface area contributed by atoms with Crippen LogP contribution in [0.5, 0.6) is 0 Å². The molecule has 0 fully saturated rings. The lowest BCUT2D eigenvalue weighted by atomic mass is 10.00. The molecule has 0 amide bonds. The van der Waals surface area contributed by atoms with Crippen LogP contribution in [0.1, 0.15) is 12.5 Å². The van der Waals surface area contributed by atoms with Crippen LogP contribution in [0, 0.1) is 0 Å². The Balaban J connectivity index is 2.02. The molecule has 3 aromatic carbocycles. The molecule has 110 valence electrons. The predicted octanol–water partition coefficient (Wildman–Crippen LogP) is 5.22. The van der Waals surface area contributed by atoms with E-state index in [1.165, 1.54) is 16.8 Å². The van der Waals surface area contributed by atoms with Crippen LogP contribution in [0.3, 0.4) is 0 Å². The maximum atomic E-state index is 11.4. The van der Waals surface area contributed by atoms with Crippen LogP contribution < -0.4 is 0 Å². The smallest absolute Gasteiger partial charge is 0.330 e. The van der Waals surface area contributed by atoms with Gasteiger partial charge in [0.25, 0.3) is 0 Å². The summed E-state index contributed by atoms with van der Waals surface area (Å²) in [4.78, 5) is 11.4. The van der Waals surface area contributed by atoms with Crippen molar-refractivity contribution in [3.8, 4) is 0 Å². The second kappa shape index (κ2) is 6.20. The van der Waals surface area contributed by atoms with Gasteiger partial charge in [0.1, 0.15) is 0 Å². The van der Waals surface area contributed by atoms with Gasteiger partial charge in [0, 0.05) is 11.1 Å². The molecular weight excluding hydrogens is 296 g/mol. The van der Waals surface area contributed by atoms with E-state index >= 15 is 0 Å². The van der Waals surface area contributed by atoms with Gasteiger partial charge in [0.2, 0.25) is 0 Å². The molecule has 0 aliphatic heterocycles.